The molecule has 1 aromatic carbocycles. The number of nitrogens with zero attached hydrogens (tertiary/aromatic N) is 5. The van der Waals surface area contributed by atoms with E-state index in [-0.39, 0.29) is 17.3 Å². The highest BCUT2D eigenvalue weighted by atomic mass is 35.6. The number of hydrogen-bond acceptors (Lipinski definition) is 7. The molecule has 2 heterocycles. The zero-order valence-corrected chi connectivity index (χ0v) is 28.8. The number of ether oxygens (including phenoxy) is 1. The summed E-state index contributed by atoms with van der Waals surface area (Å²) in [7, 11) is 0. The van der Waals surface area contributed by atoms with E-state index in [0.717, 1.165) is 12.5 Å². The van der Waals surface area contributed by atoms with Crippen LogP contribution in [0.1, 0.15) is 18.9 Å². The summed E-state index contributed by atoms with van der Waals surface area (Å²) in [5.41, 5.74) is -1.11. The van der Waals surface area contributed by atoms with Gasteiger partial charge in [-0.1, -0.05) is 88.1 Å². The van der Waals surface area contributed by atoms with Crippen molar-refractivity contribution >= 4 is 106 Å². The smallest absolute Gasteiger partial charge is 0.374 e. The van der Waals surface area contributed by atoms with Crippen LogP contribution in [-0.4, -0.2) is 97.3 Å². The molecule has 10 nitrogen and oxygen atoms in total. The Bertz CT molecular complexity index is 1200. The summed E-state index contributed by atoms with van der Waals surface area (Å²) in [6, 6.07) is 3.47. The van der Waals surface area contributed by atoms with E-state index in [1.54, 1.807) is 16.0 Å². The maximum atomic E-state index is 13.1. The fourth-order valence-corrected chi connectivity index (χ4v) is 5.43. The number of rotatable bonds is 11. The van der Waals surface area contributed by atoms with Gasteiger partial charge in [0.25, 0.3) is 0 Å². The SMILES string of the molecule is CCCOCC(=Nc1ccc(Cl)cc1C(F)(F)F)n1ccnc1.O=CNC(N1CCN(C(NC=O)C(Cl)(Cl)Cl)CC1)C(Cl)(Cl)Cl. The first kappa shape index (κ1) is 39.9. The van der Waals surface area contributed by atoms with Crippen molar-refractivity contribution in [2.24, 2.45) is 4.99 Å². The van der Waals surface area contributed by atoms with Crippen molar-refractivity contribution in [1.29, 1.82) is 0 Å². The van der Waals surface area contributed by atoms with Gasteiger partial charge >= 0.3 is 6.18 Å². The molecule has 1 fully saturated rings. The van der Waals surface area contributed by atoms with Crippen LogP contribution >= 0.6 is 81.2 Å². The number of imidazole rings is 1. The van der Waals surface area contributed by atoms with E-state index in [0.29, 0.717) is 51.4 Å². The summed E-state index contributed by atoms with van der Waals surface area (Å²) in [4.78, 5) is 32.9. The molecule has 2 unspecified atom stereocenters. The highest BCUT2D eigenvalue weighted by molar-refractivity contribution is 6.68. The van der Waals surface area contributed by atoms with Gasteiger partial charge in [0.2, 0.25) is 20.4 Å². The van der Waals surface area contributed by atoms with Gasteiger partial charge < -0.3 is 15.4 Å². The molecule has 2 aromatic rings. The molecule has 1 saturated heterocycles. The number of benzene rings is 1. The van der Waals surface area contributed by atoms with Crippen LogP contribution in [0.4, 0.5) is 18.9 Å². The Morgan fingerprint density at radius 2 is 1.53 bits per heavy atom. The van der Waals surface area contributed by atoms with E-state index < -0.39 is 31.7 Å². The predicted molar refractivity (Wildman–Crippen MR) is 172 cm³/mol. The molecule has 0 spiro atoms. The second-order valence-electron chi connectivity index (χ2n) is 9.24. The first-order valence-electron chi connectivity index (χ1n) is 13.0. The summed E-state index contributed by atoms with van der Waals surface area (Å²) in [5.74, 6) is 0.309. The first-order valence-corrected chi connectivity index (χ1v) is 15.7. The lowest BCUT2D eigenvalue weighted by atomic mass is 10.1. The topological polar surface area (TPSA) is 104 Å². The maximum Gasteiger partial charge on any atom is 0.418 e. The molecule has 2 atom stereocenters. The Balaban J connectivity index is 0.000000314. The number of aliphatic imine (C=N–C) groups is 1. The lowest BCUT2D eigenvalue weighted by Crippen LogP contribution is -2.63. The lowest BCUT2D eigenvalue weighted by molar-refractivity contribution is -0.137. The van der Waals surface area contributed by atoms with Crippen LogP contribution in [0, 0.1) is 0 Å². The van der Waals surface area contributed by atoms with Crippen molar-refractivity contribution in [3.63, 3.8) is 0 Å². The third kappa shape index (κ3) is 13.0. The van der Waals surface area contributed by atoms with Gasteiger partial charge in [0.05, 0.1) is 11.3 Å². The molecule has 252 valence electrons. The zero-order chi connectivity index (χ0) is 33.8. The monoisotopic (exact) mass is 777 g/mol. The fourth-order valence-electron chi connectivity index (χ4n) is 4.05. The molecule has 0 radical (unpaired) electrons. The van der Waals surface area contributed by atoms with Gasteiger partial charge in [-0.15, -0.1) is 0 Å². The number of nitrogens with one attached hydrogen (secondary N) is 2. The summed E-state index contributed by atoms with van der Waals surface area (Å²) in [5, 5.41) is 4.95. The molecule has 20 heteroatoms. The predicted octanol–water partition coefficient (Wildman–Crippen LogP) is 6.05. The van der Waals surface area contributed by atoms with Gasteiger partial charge in [-0.25, -0.2) is 9.98 Å². The van der Waals surface area contributed by atoms with Gasteiger partial charge in [0, 0.05) is 50.2 Å². The van der Waals surface area contributed by atoms with E-state index in [1.807, 2.05) is 6.92 Å². The Hall–Kier alpha value is -1.26. The summed E-state index contributed by atoms with van der Waals surface area (Å²) in [6.45, 7) is 4.27. The number of halogens is 10. The molecule has 3 rings (SSSR count). The normalized spacial score (nSPS) is 16.7. The van der Waals surface area contributed by atoms with Gasteiger partial charge in [-0.05, 0) is 24.6 Å². The number of carbonyl (C=O) groups is 2. The molecular weight excluding hydrogens is 751 g/mol. The number of amides is 2. The molecule has 0 aliphatic carbocycles. The van der Waals surface area contributed by atoms with Crippen LogP contribution in [0.15, 0.2) is 41.9 Å². The Labute approximate surface area is 293 Å². The fraction of sp³-hybridized carbons (Fsp3) is 0.520. The first-order chi connectivity index (χ1) is 21.0. The van der Waals surface area contributed by atoms with Crippen LogP contribution in [0.25, 0.3) is 0 Å². The number of carbonyl (C=O) groups excluding carboxylic acids is 2. The zero-order valence-electron chi connectivity index (χ0n) is 23.5. The van der Waals surface area contributed by atoms with Crippen molar-refractivity contribution in [2.75, 3.05) is 39.4 Å². The van der Waals surface area contributed by atoms with Crippen molar-refractivity contribution in [3.05, 3.63) is 47.5 Å². The molecule has 2 N–H and O–H groups in total. The number of alkyl halides is 9. The van der Waals surface area contributed by atoms with Crippen molar-refractivity contribution < 1.29 is 27.5 Å². The lowest BCUT2D eigenvalue weighted by Gasteiger charge is -2.44. The standard InChI is InChI=1S/C15H15ClF3N3O.C10H14Cl6N4O2/c1-2-7-23-9-14(22-6-5-20-10-22)21-13-4-3-11(16)8-12(13)15(17,18)19;11-9(12,13)7(17-5-21)19-1-2-20(4-3-19)8(18-6-22)10(14,15)16/h3-6,8,10H,2,7,9H2,1H3;5-8H,1-4H2,(H,17,21)(H,18,22). The third-order valence-corrected chi connectivity index (χ3v) is 7.52. The third-order valence-electron chi connectivity index (χ3n) is 6.05. The largest absolute Gasteiger partial charge is 0.418 e. The van der Waals surface area contributed by atoms with Gasteiger partial charge in [-0.2, -0.15) is 13.2 Å². The minimum Gasteiger partial charge on any atom is -0.374 e. The van der Waals surface area contributed by atoms with Crippen LogP contribution in [0.5, 0.6) is 0 Å². The molecule has 0 saturated carbocycles. The average Bonchev–Trinajstić information content (AvgIpc) is 3.49. The van der Waals surface area contributed by atoms with E-state index in [1.165, 1.54) is 29.2 Å². The van der Waals surface area contributed by atoms with Gasteiger partial charge in [0.15, 0.2) is 0 Å². The quantitative estimate of drug-likeness (QED) is 0.0948. The Kier molecular flexibility index (Phi) is 16.3. The molecule has 2 amide bonds. The minimum atomic E-state index is -4.55. The summed E-state index contributed by atoms with van der Waals surface area (Å²) >= 11 is 40.9. The molecular formula is C25H29Cl7F3N7O3. The van der Waals surface area contributed by atoms with Gasteiger partial charge in [-0.3, -0.25) is 24.0 Å². The van der Waals surface area contributed by atoms with Crippen molar-refractivity contribution in [1.82, 2.24) is 30.0 Å². The Morgan fingerprint density at radius 1 is 1.00 bits per heavy atom. The average molecular weight is 781 g/mol. The highest BCUT2D eigenvalue weighted by Gasteiger charge is 2.42. The van der Waals surface area contributed by atoms with Crippen molar-refractivity contribution in [3.8, 4) is 0 Å². The number of hydrogen-bond donors (Lipinski definition) is 2. The highest BCUT2D eigenvalue weighted by Crippen LogP contribution is 2.38. The van der Waals surface area contributed by atoms with E-state index >= 15 is 0 Å². The summed E-state index contributed by atoms with van der Waals surface area (Å²) in [6.07, 6.45) is 0.203. The molecule has 45 heavy (non-hydrogen) atoms. The molecule has 1 aliphatic rings. The number of piperazine rings is 1. The second-order valence-corrected chi connectivity index (χ2v) is 14.4. The van der Waals surface area contributed by atoms with Crippen LogP contribution < -0.4 is 10.6 Å². The van der Waals surface area contributed by atoms with Crippen LogP contribution in [-0.2, 0) is 20.5 Å². The molecule has 1 aromatic heterocycles. The van der Waals surface area contributed by atoms with Crippen LogP contribution in [0.3, 0.4) is 0 Å². The van der Waals surface area contributed by atoms with Crippen molar-refractivity contribution in [2.45, 2.75) is 39.4 Å². The molecule has 0 bridgehead atoms. The molecule has 1 aliphatic heterocycles. The second kappa shape index (κ2) is 18.3. The van der Waals surface area contributed by atoms with Gasteiger partial charge in [0.1, 0.15) is 31.1 Å². The van der Waals surface area contributed by atoms with Crippen LogP contribution in [0.2, 0.25) is 5.02 Å². The summed E-state index contributed by atoms with van der Waals surface area (Å²) < 4.78 is 43.0. The van der Waals surface area contributed by atoms with E-state index in [9.17, 15) is 22.8 Å². The van der Waals surface area contributed by atoms with E-state index in [4.69, 9.17) is 85.9 Å². The Morgan fingerprint density at radius 3 is 1.93 bits per heavy atom. The number of aromatic nitrogens is 2. The minimum absolute atomic E-state index is 0.00249. The maximum absolute atomic E-state index is 13.1. The van der Waals surface area contributed by atoms with E-state index in [2.05, 4.69) is 20.6 Å².